The Labute approximate surface area is 64.8 Å². The van der Waals surface area contributed by atoms with Crippen LogP contribution in [0.25, 0.3) is 0 Å². The molecule has 3 nitrogen and oxygen atoms in total. The van der Waals surface area contributed by atoms with Gasteiger partial charge in [-0.3, -0.25) is 0 Å². The van der Waals surface area contributed by atoms with Crippen LogP contribution in [0.3, 0.4) is 0 Å². The van der Waals surface area contributed by atoms with Crippen molar-refractivity contribution in [2.24, 2.45) is 0 Å². The fourth-order valence-corrected chi connectivity index (χ4v) is 2.52. The van der Waals surface area contributed by atoms with Crippen molar-refractivity contribution in [3.05, 3.63) is 0 Å². The van der Waals surface area contributed by atoms with E-state index in [2.05, 4.69) is 10.6 Å². The summed E-state index contributed by atoms with van der Waals surface area (Å²) in [4.78, 5) is 0. The smallest absolute Gasteiger partial charge is 0.147 e. The second kappa shape index (κ2) is 7.97. The monoisotopic (exact) mass is 246 g/mol. The first-order valence-electron chi connectivity index (χ1n) is 2.25. The molecule has 0 unspecified atom stereocenters. The van der Waals surface area contributed by atoms with Crippen LogP contribution in [0.15, 0.2) is 0 Å². The van der Waals surface area contributed by atoms with Crippen molar-refractivity contribution in [1.82, 2.24) is 10.6 Å². The number of halogens is 1. The van der Waals surface area contributed by atoms with E-state index in [9.17, 15) is 0 Å². The van der Waals surface area contributed by atoms with Crippen molar-refractivity contribution >= 4 is 33.0 Å². The summed E-state index contributed by atoms with van der Waals surface area (Å²) < 4.78 is 9.53. The maximum absolute atomic E-state index is 3.18. The predicted molar refractivity (Wildman–Crippen MR) is 40.2 cm³/mol. The van der Waals surface area contributed by atoms with Gasteiger partial charge in [-0.2, -0.15) is 0 Å². The maximum Gasteiger partial charge on any atom is -0.147 e. The maximum atomic E-state index is 3.18. The Morgan fingerprint density at radius 3 is 1.12 bits per heavy atom. The molecule has 0 rings (SSSR count). The Bertz CT molecular complexity index is 36.0. The Morgan fingerprint density at radius 2 is 1.12 bits per heavy atom. The number of nitrogens with one attached hydrogen (secondary N) is 3. The first-order valence-corrected chi connectivity index (χ1v) is 6.53. The number of hydrogen-bond acceptors (Lipinski definition) is 3. The van der Waals surface area contributed by atoms with Gasteiger partial charge in [0.2, 0.25) is 0 Å². The summed E-state index contributed by atoms with van der Waals surface area (Å²) in [6.07, 6.45) is 0. The van der Waals surface area contributed by atoms with Gasteiger partial charge in [0.1, 0.15) is 0 Å². The van der Waals surface area contributed by atoms with Crippen LogP contribution in [0.1, 0.15) is 0 Å². The van der Waals surface area contributed by atoms with E-state index in [1.54, 1.807) is 0 Å². The standard InChI is InChI=1S/3CH4N.ClH.Sn/c3*1-2;;/h3*2H,1H3;1H;/q3*-1;;+3. The van der Waals surface area contributed by atoms with Gasteiger partial charge in [0, 0.05) is 0 Å². The molecule has 5 heteroatoms. The van der Waals surface area contributed by atoms with E-state index in [4.69, 9.17) is 0 Å². The minimum atomic E-state index is -1.40. The topological polar surface area (TPSA) is 36.1 Å². The SMILES string of the molecule is C[NH][Sn]([NH]C)[NH]C.Cl. The molecule has 51 valence electrons. The molecule has 0 heterocycles. The van der Waals surface area contributed by atoms with E-state index < -0.39 is 20.6 Å². The van der Waals surface area contributed by atoms with Gasteiger partial charge in [-0.1, -0.05) is 0 Å². The molecule has 1 radical (unpaired) electrons. The van der Waals surface area contributed by atoms with Gasteiger partial charge in [0.05, 0.1) is 0 Å². The molecule has 0 aromatic carbocycles. The van der Waals surface area contributed by atoms with Crippen molar-refractivity contribution in [2.75, 3.05) is 21.1 Å². The van der Waals surface area contributed by atoms with E-state index in [1.807, 2.05) is 21.1 Å². The van der Waals surface area contributed by atoms with Gasteiger partial charge in [0.15, 0.2) is 0 Å². The van der Waals surface area contributed by atoms with E-state index in [0.29, 0.717) is 0 Å². The first-order chi connectivity index (χ1) is 3.35. The van der Waals surface area contributed by atoms with E-state index in [1.165, 1.54) is 0 Å². The third-order valence-corrected chi connectivity index (χ3v) is 5.03. The molecule has 0 aromatic rings. The van der Waals surface area contributed by atoms with Crippen LogP contribution in [0, 0.1) is 0 Å². The van der Waals surface area contributed by atoms with Crippen molar-refractivity contribution in [3.8, 4) is 0 Å². The third-order valence-electron chi connectivity index (χ3n) is 0.750. The van der Waals surface area contributed by atoms with Gasteiger partial charge < -0.3 is 0 Å². The molecule has 0 saturated heterocycles. The minimum Gasteiger partial charge on any atom is -0.147 e. The van der Waals surface area contributed by atoms with E-state index >= 15 is 0 Å². The van der Waals surface area contributed by atoms with E-state index in [0.717, 1.165) is 0 Å². The van der Waals surface area contributed by atoms with Gasteiger partial charge in [-0.05, 0) is 0 Å². The van der Waals surface area contributed by atoms with Gasteiger partial charge in [-0.15, -0.1) is 12.4 Å². The molecular formula is C3H13ClN3Sn. The fraction of sp³-hybridized carbons (Fsp3) is 1.00. The predicted octanol–water partition coefficient (Wildman–Crippen LogP) is -0.949. The molecule has 3 N–H and O–H groups in total. The van der Waals surface area contributed by atoms with Crippen molar-refractivity contribution in [2.45, 2.75) is 0 Å². The van der Waals surface area contributed by atoms with Crippen molar-refractivity contribution in [3.63, 3.8) is 0 Å². The summed E-state index contributed by atoms with van der Waals surface area (Å²) in [5, 5.41) is 0. The van der Waals surface area contributed by atoms with Crippen LogP contribution < -0.4 is 10.6 Å². The summed E-state index contributed by atoms with van der Waals surface area (Å²) in [7, 11) is 5.92. The normalized spacial score (nSPS) is 9.00. The average molecular weight is 245 g/mol. The van der Waals surface area contributed by atoms with Gasteiger partial charge in [0.25, 0.3) is 0 Å². The van der Waals surface area contributed by atoms with Gasteiger partial charge >= 0.3 is 52.3 Å². The van der Waals surface area contributed by atoms with Crippen LogP contribution in [0.4, 0.5) is 0 Å². The molecule has 0 saturated carbocycles. The Morgan fingerprint density at radius 1 is 0.875 bits per heavy atom. The molecular weight excluding hydrogens is 232 g/mol. The van der Waals surface area contributed by atoms with Crippen LogP contribution >= 0.6 is 12.4 Å². The average Bonchev–Trinajstić information content (AvgIpc) is 1.72. The zero-order valence-corrected chi connectivity index (χ0v) is 9.08. The summed E-state index contributed by atoms with van der Waals surface area (Å²) in [5.41, 5.74) is 0. The fourth-order valence-electron chi connectivity index (χ4n) is 0.375. The summed E-state index contributed by atoms with van der Waals surface area (Å²) in [5.74, 6) is 0. The molecule has 0 amide bonds. The van der Waals surface area contributed by atoms with Crippen molar-refractivity contribution < 1.29 is 0 Å². The number of rotatable bonds is 3. The Kier molecular flexibility index (Phi) is 11.7. The second-order valence-electron chi connectivity index (χ2n) is 1.12. The first kappa shape index (κ1) is 11.7. The largest absolute Gasteiger partial charge is 0.147 e. The molecule has 0 atom stereocenters. The molecule has 0 fully saturated rings. The van der Waals surface area contributed by atoms with E-state index in [-0.39, 0.29) is 12.4 Å². The molecule has 0 aliphatic carbocycles. The summed E-state index contributed by atoms with van der Waals surface area (Å²) >= 11 is -1.40. The Hall–Kier alpha value is 0.969. The molecule has 0 aliphatic heterocycles. The number of hydrogen-bond donors (Lipinski definition) is 3. The quantitative estimate of drug-likeness (QED) is 0.561. The van der Waals surface area contributed by atoms with Crippen LogP contribution in [-0.4, -0.2) is 41.7 Å². The molecule has 0 aromatic heterocycles. The van der Waals surface area contributed by atoms with Crippen LogP contribution in [0.2, 0.25) is 0 Å². The Balaban J connectivity index is 0. The molecule has 0 spiro atoms. The molecule has 0 bridgehead atoms. The summed E-state index contributed by atoms with van der Waals surface area (Å²) in [6.45, 7) is 0. The van der Waals surface area contributed by atoms with Gasteiger partial charge in [-0.25, -0.2) is 0 Å². The zero-order valence-electron chi connectivity index (χ0n) is 5.41. The third kappa shape index (κ3) is 5.11. The van der Waals surface area contributed by atoms with Crippen molar-refractivity contribution in [1.29, 1.82) is 0 Å². The molecule has 8 heavy (non-hydrogen) atoms. The van der Waals surface area contributed by atoms with Crippen LogP contribution in [0.5, 0.6) is 0 Å². The summed E-state index contributed by atoms with van der Waals surface area (Å²) in [6, 6.07) is 0. The second-order valence-corrected chi connectivity index (χ2v) is 7.55. The van der Waals surface area contributed by atoms with Crippen LogP contribution in [-0.2, 0) is 0 Å². The zero-order chi connectivity index (χ0) is 5.70. The minimum absolute atomic E-state index is 0. The molecule has 0 aliphatic rings.